The molecule has 2 aromatic carbocycles. The first-order chi connectivity index (χ1) is 13.0. The number of nitrogens with zero attached hydrogens (tertiary/aromatic N) is 1. The summed E-state index contributed by atoms with van der Waals surface area (Å²) in [5.41, 5.74) is 0.875. The molecule has 1 unspecified atom stereocenters. The zero-order valence-electron chi connectivity index (χ0n) is 14.6. The molecule has 5 nitrogen and oxygen atoms in total. The van der Waals surface area contributed by atoms with Crippen molar-refractivity contribution in [1.29, 1.82) is 0 Å². The lowest BCUT2D eigenvalue weighted by molar-refractivity contribution is 0.398. The lowest BCUT2D eigenvalue weighted by atomic mass is 9.90. The third-order valence-corrected chi connectivity index (χ3v) is 5.20. The number of rotatable bonds is 2. The van der Waals surface area contributed by atoms with Crippen LogP contribution in [-0.2, 0) is 0 Å². The quantitative estimate of drug-likeness (QED) is 0.683. The van der Waals surface area contributed by atoms with Gasteiger partial charge in [-0.05, 0) is 24.8 Å². The summed E-state index contributed by atoms with van der Waals surface area (Å²) >= 11 is 6.25. The van der Waals surface area contributed by atoms with E-state index in [9.17, 15) is 15.0 Å². The molecule has 1 aliphatic rings. The Morgan fingerprint density at radius 3 is 2.67 bits per heavy atom. The fourth-order valence-electron chi connectivity index (χ4n) is 3.48. The minimum atomic E-state index is -0.387. The Hall–Kier alpha value is -2.92. The number of aromatic hydroxyl groups is 2. The van der Waals surface area contributed by atoms with E-state index in [0.29, 0.717) is 21.9 Å². The Morgan fingerprint density at radius 2 is 1.96 bits per heavy atom. The number of fused-ring (bicyclic) bond motifs is 1. The Bertz CT molecular complexity index is 1120. The molecular weight excluding hydrogens is 366 g/mol. The molecule has 0 amide bonds. The lowest BCUT2D eigenvalue weighted by Crippen LogP contribution is -2.19. The molecule has 2 heterocycles. The lowest BCUT2D eigenvalue weighted by Gasteiger charge is -2.25. The van der Waals surface area contributed by atoms with E-state index in [1.54, 1.807) is 24.3 Å². The van der Waals surface area contributed by atoms with Gasteiger partial charge in [-0.1, -0.05) is 29.8 Å². The number of halogens is 1. The van der Waals surface area contributed by atoms with Gasteiger partial charge in [0.05, 0.1) is 5.02 Å². The third kappa shape index (κ3) is 3.04. The highest BCUT2D eigenvalue weighted by Gasteiger charge is 2.25. The molecule has 0 saturated carbocycles. The van der Waals surface area contributed by atoms with Crippen LogP contribution in [0.5, 0.6) is 11.5 Å². The van der Waals surface area contributed by atoms with Gasteiger partial charge in [0.2, 0.25) is 0 Å². The van der Waals surface area contributed by atoms with Gasteiger partial charge in [-0.15, -0.1) is 0 Å². The summed E-state index contributed by atoms with van der Waals surface area (Å²) in [4.78, 5) is 14.8. The first-order valence-electron chi connectivity index (χ1n) is 8.62. The van der Waals surface area contributed by atoms with Gasteiger partial charge in [0, 0.05) is 42.8 Å². The van der Waals surface area contributed by atoms with Crippen molar-refractivity contribution in [1.82, 2.24) is 4.90 Å². The second kappa shape index (κ2) is 6.67. The van der Waals surface area contributed by atoms with Crippen LogP contribution in [0.1, 0.15) is 17.9 Å². The summed E-state index contributed by atoms with van der Waals surface area (Å²) in [6, 6.07) is 9.57. The Kier molecular flexibility index (Phi) is 4.32. The number of allylic oxidation sites excluding steroid dienone is 1. The van der Waals surface area contributed by atoms with E-state index in [1.807, 2.05) is 24.2 Å². The second-order valence-electron chi connectivity index (χ2n) is 6.70. The molecule has 0 aliphatic carbocycles. The fourth-order valence-corrected chi connectivity index (χ4v) is 3.71. The summed E-state index contributed by atoms with van der Waals surface area (Å²) in [6.45, 7) is 0.803. The molecule has 1 atom stereocenters. The van der Waals surface area contributed by atoms with Crippen molar-refractivity contribution in [2.45, 2.75) is 12.3 Å². The van der Waals surface area contributed by atoms with E-state index in [2.05, 4.69) is 0 Å². The van der Waals surface area contributed by atoms with Crippen LogP contribution < -0.4 is 5.43 Å². The number of hydrogen-bond donors (Lipinski definition) is 2. The molecule has 0 fully saturated rings. The van der Waals surface area contributed by atoms with Crippen LogP contribution in [-0.4, -0.2) is 28.7 Å². The van der Waals surface area contributed by atoms with E-state index in [0.717, 1.165) is 13.0 Å². The maximum atomic E-state index is 12.7. The van der Waals surface area contributed by atoms with Gasteiger partial charge < -0.3 is 19.5 Å². The number of benzene rings is 2. The molecule has 138 valence electrons. The predicted molar refractivity (Wildman–Crippen MR) is 105 cm³/mol. The van der Waals surface area contributed by atoms with Gasteiger partial charge in [-0.25, -0.2) is 0 Å². The van der Waals surface area contributed by atoms with Crippen molar-refractivity contribution in [3.63, 3.8) is 0 Å². The maximum absolute atomic E-state index is 12.7. The van der Waals surface area contributed by atoms with Crippen molar-refractivity contribution >= 4 is 22.6 Å². The largest absolute Gasteiger partial charge is 0.507 e. The summed E-state index contributed by atoms with van der Waals surface area (Å²) < 4.78 is 6.03. The maximum Gasteiger partial charge on any atom is 0.197 e. The molecular formula is C21H18ClNO4. The van der Waals surface area contributed by atoms with E-state index in [1.165, 1.54) is 12.1 Å². The average Bonchev–Trinajstić information content (AvgIpc) is 2.63. The summed E-state index contributed by atoms with van der Waals surface area (Å²) in [5, 5.41) is 21.3. The molecule has 0 saturated heterocycles. The molecule has 0 radical (unpaired) electrons. The Morgan fingerprint density at radius 1 is 1.19 bits per heavy atom. The molecule has 2 N–H and O–H groups in total. The first kappa shape index (κ1) is 17.5. The van der Waals surface area contributed by atoms with Crippen molar-refractivity contribution in [2.75, 3.05) is 13.6 Å². The number of phenols is 2. The van der Waals surface area contributed by atoms with Crippen molar-refractivity contribution in [3.05, 3.63) is 69.5 Å². The smallest absolute Gasteiger partial charge is 0.197 e. The van der Waals surface area contributed by atoms with Gasteiger partial charge in [0.25, 0.3) is 0 Å². The average molecular weight is 384 g/mol. The molecule has 6 heteroatoms. The zero-order valence-corrected chi connectivity index (χ0v) is 15.4. The topological polar surface area (TPSA) is 73.9 Å². The van der Waals surface area contributed by atoms with Crippen LogP contribution in [0.2, 0.25) is 5.02 Å². The van der Waals surface area contributed by atoms with Gasteiger partial charge in [-0.2, -0.15) is 0 Å². The molecule has 27 heavy (non-hydrogen) atoms. The van der Waals surface area contributed by atoms with Crippen LogP contribution in [0.3, 0.4) is 0 Å². The highest BCUT2D eigenvalue weighted by atomic mass is 35.5. The summed E-state index contributed by atoms with van der Waals surface area (Å²) in [5.74, 6) is -0.239. The zero-order chi connectivity index (χ0) is 19.1. The summed E-state index contributed by atoms with van der Waals surface area (Å²) in [7, 11) is 1.97. The molecule has 4 rings (SSSR count). The normalized spacial score (nSPS) is 16.8. The van der Waals surface area contributed by atoms with E-state index in [4.69, 9.17) is 16.0 Å². The molecule has 0 spiro atoms. The minimum absolute atomic E-state index is 0.0610. The van der Waals surface area contributed by atoms with E-state index < -0.39 is 0 Å². The van der Waals surface area contributed by atoms with Crippen LogP contribution in [0.15, 0.2) is 57.9 Å². The minimum Gasteiger partial charge on any atom is -0.507 e. The van der Waals surface area contributed by atoms with Gasteiger partial charge in [0.1, 0.15) is 28.2 Å². The fraction of sp³-hybridized carbons (Fsp3) is 0.190. The van der Waals surface area contributed by atoms with E-state index >= 15 is 0 Å². The standard InChI is InChI=1S/C21H18ClNO4/c1-23-8-6-12(7-9-23)19-15(24)10-16(25)20-17(26)11-18(27-21(19)20)13-4-2-3-5-14(13)22/h2-6,8,10-12,24-25H,7,9H2,1H3. The third-order valence-electron chi connectivity index (χ3n) is 4.87. The van der Waals surface area contributed by atoms with Gasteiger partial charge in [-0.3, -0.25) is 4.79 Å². The van der Waals surface area contributed by atoms with Crippen molar-refractivity contribution in [2.24, 2.45) is 0 Å². The molecule has 0 bridgehead atoms. The van der Waals surface area contributed by atoms with Crippen molar-refractivity contribution in [3.8, 4) is 22.8 Å². The molecule has 1 aromatic heterocycles. The molecule has 3 aromatic rings. The number of phenolic OH excluding ortho intramolecular Hbond substituents is 2. The SMILES string of the molecule is CN1C=CC(c2c(O)cc(O)c3c(=O)cc(-c4ccccc4Cl)oc23)CC1. The van der Waals surface area contributed by atoms with E-state index in [-0.39, 0.29) is 33.8 Å². The molecule has 1 aliphatic heterocycles. The predicted octanol–water partition coefficient (Wildman–Crippen LogP) is 4.46. The van der Waals surface area contributed by atoms with Crippen LogP contribution in [0.25, 0.3) is 22.3 Å². The van der Waals surface area contributed by atoms with Crippen LogP contribution in [0.4, 0.5) is 0 Å². The van der Waals surface area contributed by atoms with Crippen LogP contribution in [0, 0.1) is 0 Å². The second-order valence-corrected chi connectivity index (χ2v) is 7.11. The first-order valence-corrected chi connectivity index (χ1v) is 8.99. The van der Waals surface area contributed by atoms with Gasteiger partial charge in [0.15, 0.2) is 5.43 Å². The van der Waals surface area contributed by atoms with Gasteiger partial charge >= 0.3 is 0 Å². The van der Waals surface area contributed by atoms with Crippen LogP contribution >= 0.6 is 11.6 Å². The summed E-state index contributed by atoms with van der Waals surface area (Å²) in [6.07, 6.45) is 4.64. The van der Waals surface area contributed by atoms with Crippen molar-refractivity contribution < 1.29 is 14.6 Å². The Balaban J connectivity index is 2.02. The Labute approximate surface area is 160 Å². The monoisotopic (exact) mass is 383 g/mol. The highest BCUT2D eigenvalue weighted by molar-refractivity contribution is 6.33. The highest BCUT2D eigenvalue weighted by Crippen LogP contribution is 2.41. The number of hydrogen-bond acceptors (Lipinski definition) is 5.